The van der Waals surface area contributed by atoms with E-state index < -0.39 is 0 Å². The molecule has 2 aromatic rings. The van der Waals surface area contributed by atoms with Crippen LogP contribution in [-0.4, -0.2) is 42.3 Å². The average molecular weight is 389 g/mol. The molecule has 1 aromatic carbocycles. The van der Waals surface area contributed by atoms with Gasteiger partial charge in [-0.2, -0.15) is 0 Å². The van der Waals surface area contributed by atoms with Crippen molar-refractivity contribution in [3.8, 4) is 0 Å². The molecule has 0 radical (unpaired) electrons. The lowest BCUT2D eigenvalue weighted by molar-refractivity contribution is 0.137. The Morgan fingerprint density at radius 1 is 1.25 bits per heavy atom. The first-order valence-corrected chi connectivity index (χ1v) is 10.5. The van der Waals surface area contributed by atoms with Gasteiger partial charge in [0.1, 0.15) is 5.82 Å². The summed E-state index contributed by atoms with van der Waals surface area (Å²) in [5, 5.41) is 17.2. The zero-order chi connectivity index (χ0) is 19.8. The summed E-state index contributed by atoms with van der Waals surface area (Å²) in [6, 6.07) is 4.84. The number of rotatable bonds is 8. The van der Waals surface area contributed by atoms with Gasteiger partial charge < -0.3 is 20.7 Å². The number of H-pyrrole nitrogens is 1. The van der Waals surface area contributed by atoms with Crippen molar-refractivity contribution < 1.29 is 9.50 Å². The topological polar surface area (TPSA) is 72.4 Å². The minimum Gasteiger partial charge on any atom is -0.396 e. The third kappa shape index (κ3) is 5.25. The van der Waals surface area contributed by atoms with Gasteiger partial charge in [0.05, 0.1) is 0 Å². The number of hydrogen-bond donors (Lipinski definition) is 4. The molecule has 1 saturated carbocycles. The number of nitrogens with one attached hydrogen (secondary N) is 3. The Labute approximate surface area is 166 Å². The van der Waals surface area contributed by atoms with Gasteiger partial charge in [0.25, 0.3) is 0 Å². The monoisotopic (exact) mass is 388 g/mol. The van der Waals surface area contributed by atoms with E-state index in [0.29, 0.717) is 0 Å². The maximum Gasteiger partial charge on any atom is 0.191 e. The van der Waals surface area contributed by atoms with Crippen LogP contribution in [0.15, 0.2) is 29.4 Å². The predicted molar refractivity (Wildman–Crippen MR) is 113 cm³/mol. The number of aliphatic hydroxyl groups excluding tert-OH is 1. The first-order valence-electron chi connectivity index (χ1n) is 10.5. The van der Waals surface area contributed by atoms with Crippen LogP contribution in [0.25, 0.3) is 10.9 Å². The quantitative estimate of drug-likeness (QED) is 0.411. The van der Waals surface area contributed by atoms with Crippen molar-refractivity contribution >= 4 is 16.9 Å². The summed E-state index contributed by atoms with van der Waals surface area (Å²) in [5.41, 5.74) is 2.20. The van der Waals surface area contributed by atoms with Gasteiger partial charge in [-0.25, -0.2) is 4.39 Å². The van der Waals surface area contributed by atoms with E-state index in [1.807, 2.05) is 6.20 Å². The molecule has 1 aliphatic carbocycles. The number of nitrogens with zero attached hydrogens (tertiary/aromatic N) is 1. The second kappa shape index (κ2) is 9.92. The van der Waals surface area contributed by atoms with Gasteiger partial charge in [0.15, 0.2) is 5.96 Å². The fourth-order valence-electron chi connectivity index (χ4n) is 4.29. The molecule has 1 aliphatic rings. The Hall–Kier alpha value is -2.08. The minimum absolute atomic E-state index is 0.143. The number of hydrogen-bond acceptors (Lipinski definition) is 2. The highest BCUT2D eigenvalue weighted by Gasteiger charge is 2.31. The van der Waals surface area contributed by atoms with E-state index in [4.69, 9.17) is 4.99 Å². The molecule has 0 amide bonds. The van der Waals surface area contributed by atoms with E-state index in [0.717, 1.165) is 67.7 Å². The third-order valence-electron chi connectivity index (χ3n) is 5.89. The standard InChI is InChI=1S/C22H33FN4O/c1-2-24-21(27-16-22(11-13-28)9-4-3-5-10-22)25-12-8-17-15-26-20-7-6-18(23)14-19(17)20/h6-7,14-15,26,28H,2-5,8-13,16H2,1H3,(H2,24,25,27). The van der Waals surface area contributed by atoms with Gasteiger partial charge >= 0.3 is 0 Å². The van der Waals surface area contributed by atoms with Crippen LogP contribution in [0.3, 0.4) is 0 Å². The summed E-state index contributed by atoms with van der Waals surface area (Å²) in [6.45, 7) is 4.57. The first kappa shape index (κ1) is 20.6. The van der Waals surface area contributed by atoms with Crippen LogP contribution in [0, 0.1) is 11.2 Å². The lowest BCUT2D eigenvalue weighted by Crippen LogP contribution is -2.40. The second-order valence-electron chi connectivity index (χ2n) is 7.91. The fraction of sp³-hybridized carbons (Fsp3) is 0.591. The molecule has 1 fully saturated rings. The number of guanidine groups is 1. The molecule has 5 nitrogen and oxygen atoms in total. The Bertz CT molecular complexity index is 774. The highest BCUT2D eigenvalue weighted by atomic mass is 19.1. The van der Waals surface area contributed by atoms with Crippen LogP contribution >= 0.6 is 0 Å². The highest BCUT2D eigenvalue weighted by Crippen LogP contribution is 2.39. The summed E-state index contributed by atoms with van der Waals surface area (Å²) in [4.78, 5) is 8.04. The fourth-order valence-corrected chi connectivity index (χ4v) is 4.29. The Morgan fingerprint density at radius 3 is 2.82 bits per heavy atom. The van der Waals surface area contributed by atoms with Gasteiger partial charge in [-0.1, -0.05) is 19.3 Å². The maximum absolute atomic E-state index is 13.5. The molecule has 4 N–H and O–H groups in total. The van der Waals surface area contributed by atoms with E-state index in [1.54, 1.807) is 12.1 Å². The van der Waals surface area contributed by atoms with E-state index in [-0.39, 0.29) is 17.8 Å². The first-order chi connectivity index (χ1) is 13.7. The molecule has 3 rings (SSSR count). The molecule has 1 heterocycles. The van der Waals surface area contributed by atoms with E-state index >= 15 is 0 Å². The minimum atomic E-state index is -0.210. The second-order valence-corrected chi connectivity index (χ2v) is 7.91. The lowest BCUT2D eigenvalue weighted by Gasteiger charge is -2.35. The van der Waals surface area contributed by atoms with Crippen molar-refractivity contribution in [1.29, 1.82) is 0 Å². The number of aliphatic imine (C=N–C) groups is 1. The largest absolute Gasteiger partial charge is 0.396 e. The molecule has 28 heavy (non-hydrogen) atoms. The van der Waals surface area contributed by atoms with Crippen LogP contribution in [0.2, 0.25) is 0 Å². The molecule has 0 saturated heterocycles. The highest BCUT2D eigenvalue weighted by molar-refractivity contribution is 5.83. The predicted octanol–water partition coefficient (Wildman–Crippen LogP) is 3.74. The lowest BCUT2D eigenvalue weighted by atomic mass is 9.72. The van der Waals surface area contributed by atoms with E-state index in [1.165, 1.54) is 25.3 Å². The Kier molecular flexibility index (Phi) is 7.31. The molecule has 0 bridgehead atoms. The number of benzene rings is 1. The van der Waals surface area contributed by atoms with Crippen LogP contribution in [0.5, 0.6) is 0 Å². The molecule has 6 heteroatoms. The number of aliphatic hydroxyl groups is 1. The SMILES string of the molecule is CCNC(=NCC1(CCO)CCCCC1)NCCc1c[nH]c2ccc(F)cc12. The van der Waals surface area contributed by atoms with Crippen molar-refractivity contribution in [3.05, 3.63) is 35.8 Å². The molecule has 154 valence electrons. The molecule has 0 aliphatic heterocycles. The molecule has 0 spiro atoms. The Balaban J connectivity index is 1.60. The van der Waals surface area contributed by atoms with Crippen molar-refractivity contribution in [2.75, 3.05) is 26.2 Å². The molecule has 1 aromatic heterocycles. The number of aromatic nitrogens is 1. The van der Waals surface area contributed by atoms with Gasteiger partial charge in [-0.15, -0.1) is 0 Å². The number of fused-ring (bicyclic) bond motifs is 1. The van der Waals surface area contributed by atoms with Gasteiger partial charge in [0, 0.05) is 43.3 Å². The summed E-state index contributed by atoms with van der Waals surface area (Å²) >= 11 is 0. The van der Waals surface area contributed by atoms with Crippen LogP contribution in [0.1, 0.15) is 51.0 Å². The zero-order valence-corrected chi connectivity index (χ0v) is 16.9. The van der Waals surface area contributed by atoms with Crippen molar-refractivity contribution in [2.24, 2.45) is 10.4 Å². The van der Waals surface area contributed by atoms with Crippen LogP contribution in [-0.2, 0) is 6.42 Å². The maximum atomic E-state index is 13.5. The molecular formula is C22H33FN4O. The van der Waals surface area contributed by atoms with Gasteiger partial charge in [-0.05, 0) is 61.8 Å². The smallest absolute Gasteiger partial charge is 0.191 e. The van der Waals surface area contributed by atoms with Crippen molar-refractivity contribution in [1.82, 2.24) is 15.6 Å². The number of aromatic amines is 1. The van der Waals surface area contributed by atoms with E-state index in [2.05, 4.69) is 22.5 Å². The molecular weight excluding hydrogens is 355 g/mol. The number of halogens is 1. The van der Waals surface area contributed by atoms with Crippen LogP contribution in [0.4, 0.5) is 4.39 Å². The Morgan fingerprint density at radius 2 is 2.07 bits per heavy atom. The summed E-state index contributed by atoms with van der Waals surface area (Å²) in [6.07, 6.45) is 9.63. The summed E-state index contributed by atoms with van der Waals surface area (Å²) < 4.78 is 13.5. The average Bonchev–Trinajstić information content (AvgIpc) is 3.09. The van der Waals surface area contributed by atoms with Crippen LogP contribution < -0.4 is 10.6 Å². The molecule has 0 unspecified atom stereocenters. The van der Waals surface area contributed by atoms with Crippen molar-refractivity contribution in [2.45, 2.75) is 51.9 Å². The normalized spacial score (nSPS) is 17.0. The summed E-state index contributed by atoms with van der Waals surface area (Å²) in [7, 11) is 0. The van der Waals surface area contributed by atoms with E-state index in [9.17, 15) is 9.50 Å². The van der Waals surface area contributed by atoms with Gasteiger partial charge in [-0.3, -0.25) is 4.99 Å². The zero-order valence-electron chi connectivity index (χ0n) is 16.9. The van der Waals surface area contributed by atoms with Gasteiger partial charge in [0.2, 0.25) is 0 Å². The van der Waals surface area contributed by atoms with Crippen molar-refractivity contribution in [3.63, 3.8) is 0 Å². The summed E-state index contributed by atoms with van der Waals surface area (Å²) in [5.74, 6) is 0.606. The third-order valence-corrected chi connectivity index (χ3v) is 5.89. The molecule has 0 atom stereocenters.